The highest BCUT2D eigenvalue weighted by molar-refractivity contribution is 7.99. The van der Waals surface area contributed by atoms with E-state index in [-0.39, 0.29) is 0 Å². The summed E-state index contributed by atoms with van der Waals surface area (Å²) >= 11 is 7.67. The minimum absolute atomic E-state index is 0.494. The van der Waals surface area contributed by atoms with E-state index < -0.39 is 0 Å². The van der Waals surface area contributed by atoms with Gasteiger partial charge in [-0.15, -0.1) is 23.4 Å². The van der Waals surface area contributed by atoms with E-state index in [9.17, 15) is 0 Å². The predicted octanol–water partition coefficient (Wildman–Crippen LogP) is 4.69. The first-order valence-electron chi connectivity index (χ1n) is 6.36. The minimum atomic E-state index is 0.494. The van der Waals surface area contributed by atoms with Crippen LogP contribution in [0.1, 0.15) is 17.0 Å². The van der Waals surface area contributed by atoms with Gasteiger partial charge in [0.05, 0.1) is 6.61 Å². The van der Waals surface area contributed by atoms with Crippen LogP contribution in [-0.4, -0.2) is 12.4 Å². The molecule has 3 rings (SSSR count). The van der Waals surface area contributed by atoms with Gasteiger partial charge in [0.25, 0.3) is 0 Å². The molecule has 0 amide bonds. The average molecular weight is 291 g/mol. The van der Waals surface area contributed by atoms with Crippen LogP contribution in [0.15, 0.2) is 53.4 Å². The highest BCUT2D eigenvalue weighted by atomic mass is 35.5. The minimum Gasteiger partial charge on any atom is -0.493 e. The molecule has 2 aromatic carbocycles. The van der Waals surface area contributed by atoms with Crippen molar-refractivity contribution in [1.29, 1.82) is 0 Å². The molecule has 0 bridgehead atoms. The fraction of sp³-hybridized carbons (Fsp3) is 0.250. The van der Waals surface area contributed by atoms with Crippen LogP contribution in [-0.2, 0) is 5.88 Å². The fourth-order valence-corrected chi connectivity index (χ4v) is 3.41. The molecular formula is C16H15ClOS. The van der Waals surface area contributed by atoms with Crippen LogP contribution < -0.4 is 4.74 Å². The molecule has 1 nitrogen and oxygen atoms in total. The summed E-state index contributed by atoms with van der Waals surface area (Å²) in [4.78, 5) is 1.29. The summed E-state index contributed by atoms with van der Waals surface area (Å²) in [7, 11) is 0. The summed E-state index contributed by atoms with van der Waals surface area (Å²) in [5, 5.41) is 0. The molecule has 0 fully saturated rings. The van der Waals surface area contributed by atoms with Gasteiger partial charge >= 0.3 is 0 Å². The third-order valence-electron chi connectivity index (χ3n) is 3.33. The standard InChI is InChI=1S/C16H15ClOS/c17-9-12-5-7-14(8-6-12)19-11-13-10-18-16-4-2-1-3-15(13)16/h1-8,13H,9-11H2. The Balaban J connectivity index is 1.64. The molecule has 1 atom stereocenters. The molecule has 0 aromatic heterocycles. The normalized spacial score (nSPS) is 17.0. The molecule has 98 valence electrons. The monoisotopic (exact) mass is 290 g/mol. The number of fused-ring (bicyclic) bond motifs is 1. The van der Waals surface area contributed by atoms with Crippen molar-refractivity contribution < 1.29 is 4.74 Å². The van der Waals surface area contributed by atoms with Crippen LogP contribution >= 0.6 is 23.4 Å². The van der Waals surface area contributed by atoms with Gasteiger partial charge in [0, 0.05) is 28.0 Å². The van der Waals surface area contributed by atoms with Crippen molar-refractivity contribution in [2.24, 2.45) is 0 Å². The van der Waals surface area contributed by atoms with E-state index in [1.807, 2.05) is 17.8 Å². The van der Waals surface area contributed by atoms with E-state index in [1.165, 1.54) is 16.0 Å². The number of rotatable bonds is 4. The Morgan fingerprint density at radius 2 is 1.89 bits per heavy atom. The first-order chi connectivity index (χ1) is 9.36. The molecular weight excluding hydrogens is 276 g/mol. The third-order valence-corrected chi connectivity index (χ3v) is 4.81. The Kier molecular flexibility index (Phi) is 4.00. The second-order valence-electron chi connectivity index (χ2n) is 4.63. The molecule has 0 saturated carbocycles. The van der Waals surface area contributed by atoms with Gasteiger partial charge in [0.2, 0.25) is 0 Å². The Hall–Kier alpha value is -1.12. The molecule has 0 saturated heterocycles. The summed E-state index contributed by atoms with van der Waals surface area (Å²) in [6.07, 6.45) is 0. The highest BCUT2D eigenvalue weighted by Crippen LogP contribution is 2.36. The maximum absolute atomic E-state index is 5.79. The van der Waals surface area contributed by atoms with Crippen molar-refractivity contribution in [2.45, 2.75) is 16.7 Å². The molecule has 1 heterocycles. The Morgan fingerprint density at radius 3 is 2.68 bits per heavy atom. The van der Waals surface area contributed by atoms with Gasteiger partial charge in [0.1, 0.15) is 5.75 Å². The lowest BCUT2D eigenvalue weighted by molar-refractivity contribution is 0.339. The molecule has 0 aliphatic carbocycles. The first-order valence-corrected chi connectivity index (χ1v) is 7.88. The van der Waals surface area contributed by atoms with Gasteiger partial charge in [-0.1, -0.05) is 30.3 Å². The van der Waals surface area contributed by atoms with Crippen LogP contribution in [0.25, 0.3) is 0 Å². The Bertz CT molecular complexity index is 553. The van der Waals surface area contributed by atoms with Crippen molar-refractivity contribution in [3.63, 3.8) is 0 Å². The molecule has 3 heteroatoms. The number of para-hydroxylation sites is 1. The van der Waals surface area contributed by atoms with E-state index in [2.05, 4.69) is 42.5 Å². The van der Waals surface area contributed by atoms with Gasteiger partial charge < -0.3 is 4.74 Å². The van der Waals surface area contributed by atoms with Crippen molar-refractivity contribution in [3.8, 4) is 5.75 Å². The number of benzene rings is 2. The maximum Gasteiger partial charge on any atom is 0.122 e. The lowest BCUT2D eigenvalue weighted by Crippen LogP contribution is -2.03. The van der Waals surface area contributed by atoms with E-state index in [0.29, 0.717) is 11.8 Å². The predicted molar refractivity (Wildman–Crippen MR) is 81.4 cm³/mol. The highest BCUT2D eigenvalue weighted by Gasteiger charge is 2.23. The molecule has 0 spiro atoms. The number of ether oxygens (including phenoxy) is 1. The van der Waals surface area contributed by atoms with E-state index in [4.69, 9.17) is 16.3 Å². The van der Waals surface area contributed by atoms with Gasteiger partial charge in [-0.3, -0.25) is 0 Å². The van der Waals surface area contributed by atoms with Crippen LogP contribution in [0.3, 0.4) is 0 Å². The Labute approximate surface area is 122 Å². The summed E-state index contributed by atoms with van der Waals surface area (Å²) in [5.74, 6) is 3.17. The summed E-state index contributed by atoms with van der Waals surface area (Å²) in [6.45, 7) is 0.798. The van der Waals surface area contributed by atoms with Crippen LogP contribution in [0.4, 0.5) is 0 Å². The molecule has 1 aliphatic heterocycles. The first kappa shape index (κ1) is 12.9. The second kappa shape index (κ2) is 5.89. The molecule has 1 aliphatic rings. The number of halogens is 1. The van der Waals surface area contributed by atoms with E-state index in [0.717, 1.165) is 18.1 Å². The molecule has 19 heavy (non-hydrogen) atoms. The molecule has 1 unspecified atom stereocenters. The maximum atomic E-state index is 5.79. The topological polar surface area (TPSA) is 9.23 Å². The van der Waals surface area contributed by atoms with E-state index >= 15 is 0 Å². The number of hydrogen-bond acceptors (Lipinski definition) is 2. The second-order valence-corrected chi connectivity index (χ2v) is 6.00. The Morgan fingerprint density at radius 1 is 1.11 bits per heavy atom. The zero-order valence-electron chi connectivity index (χ0n) is 10.5. The van der Waals surface area contributed by atoms with Crippen LogP contribution in [0.5, 0.6) is 5.75 Å². The van der Waals surface area contributed by atoms with Crippen LogP contribution in [0, 0.1) is 0 Å². The fourth-order valence-electron chi connectivity index (χ4n) is 2.24. The number of thioether (sulfide) groups is 1. The van der Waals surface area contributed by atoms with Gasteiger partial charge in [0.15, 0.2) is 0 Å². The van der Waals surface area contributed by atoms with Crippen molar-refractivity contribution in [2.75, 3.05) is 12.4 Å². The largest absolute Gasteiger partial charge is 0.493 e. The van der Waals surface area contributed by atoms with E-state index in [1.54, 1.807) is 0 Å². The van der Waals surface area contributed by atoms with Gasteiger partial charge in [-0.2, -0.15) is 0 Å². The zero-order valence-corrected chi connectivity index (χ0v) is 12.1. The van der Waals surface area contributed by atoms with Crippen molar-refractivity contribution >= 4 is 23.4 Å². The van der Waals surface area contributed by atoms with Gasteiger partial charge in [-0.25, -0.2) is 0 Å². The molecule has 0 N–H and O–H groups in total. The summed E-state index contributed by atoms with van der Waals surface area (Å²) in [5.41, 5.74) is 2.51. The smallest absolute Gasteiger partial charge is 0.122 e. The number of hydrogen-bond donors (Lipinski definition) is 0. The summed E-state index contributed by atoms with van der Waals surface area (Å²) < 4.78 is 5.71. The lowest BCUT2D eigenvalue weighted by atomic mass is 10.0. The van der Waals surface area contributed by atoms with Crippen molar-refractivity contribution in [1.82, 2.24) is 0 Å². The molecule has 0 radical (unpaired) electrons. The molecule has 2 aromatic rings. The summed E-state index contributed by atoms with van der Waals surface area (Å²) in [6, 6.07) is 16.8. The van der Waals surface area contributed by atoms with Crippen LogP contribution in [0.2, 0.25) is 0 Å². The average Bonchev–Trinajstić information content (AvgIpc) is 2.89. The SMILES string of the molecule is ClCc1ccc(SCC2COc3ccccc32)cc1. The lowest BCUT2D eigenvalue weighted by Gasteiger charge is -2.08. The number of alkyl halides is 1. The quantitative estimate of drug-likeness (QED) is 0.596. The zero-order chi connectivity index (χ0) is 13.1. The third kappa shape index (κ3) is 2.90. The van der Waals surface area contributed by atoms with Crippen molar-refractivity contribution in [3.05, 3.63) is 59.7 Å². The van der Waals surface area contributed by atoms with Gasteiger partial charge in [-0.05, 0) is 23.8 Å².